The fraction of sp³-hybridized carbons (Fsp3) is 0.219. The van der Waals surface area contributed by atoms with Gasteiger partial charge in [-0.05, 0) is 159 Å². The van der Waals surface area contributed by atoms with Crippen LogP contribution in [0, 0.1) is 0 Å². The zero-order valence-electron chi connectivity index (χ0n) is 46.4. The van der Waals surface area contributed by atoms with Gasteiger partial charge in [-0.2, -0.15) is 0 Å². The number of anilines is 4. The third-order valence-corrected chi connectivity index (χ3v) is 16.2. The minimum atomic E-state index is -1.14. The van der Waals surface area contributed by atoms with E-state index in [9.17, 15) is 28.8 Å². The number of rotatable bonds is 16. The van der Waals surface area contributed by atoms with Crippen LogP contribution in [0.5, 0.6) is 23.0 Å². The third kappa shape index (κ3) is 11.9. The van der Waals surface area contributed by atoms with Crippen molar-refractivity contribution in [2.24, 2.45) is 0 Å². The highest BCUT2D eigenvalue weighted by Crippen LogP contribution is 2.41. The number of carbonyl (C=O) groups excluding carboxylic acids is 6. The van der Waals surface area contributed by atoms with Crippen molar-refractivity contribution in [2.75, 3.05) is 61.0 Å². The summed E-state index contributed by atoms with van der Waals surface area (Å²) in [6.07, 6.45) is 0. The van der Waals surface area contributed by atoms with E-state index >= 15 is 0 Å². The Morgan fingerprint density at radius 2 is 0.892 bits per heavy atom. The predicted molar refractivity (Wildman–Crippen MR) is 329 cm³/mol. The molecule has 2 aliphatic heterocycles. The molecule has 0 aliphatic carbocycles. The molecule has 424 valence electrons. The van der Waals surface area contributed by atoms with E-state index in [2.05, 4.69) is 53.1 Å². The van der Waals surface area contributed by atoms with E-state index < -0.39 is 59.6 Å². The van der Waals surface area contributed by atoms with Crippen molar-refractivity contribution in [1.29, 1.82) is 0 Å². The normalized spacial score (nSPS) is 15.9. The lowest BCUT2D eigenvalue weighted by atomic mass is 10.0. The second-order valence-electron chi connectivity index (χ2n) is 20.2. The van der Waals surface area contributed by atoms with Gasteiger partial charge in [0, 0.05) is 31.2 Å². The smallest absolute Gasteiger partial charge is 0.258 e. The largest absolute Gasteiger partial charge is 0.496 e. The molecule has 0 fully saturated rings. The highest BCUT2D eigenvalue weighted by molar-refractivity contribution is 9.10. The Morgan fingerprint density at radius 3 is 1.25 bits per heavy atom. The number of nitrogens with zero attached hydrogens (tertiary/aromatic N) is 4. The molecule has 0 radical (unpaired) electrons. The number of likely N-dealkylation sites (N-methyl/N-ethyl adjacent to an activating group) is 2. The first kappa shape index (κ1) is 57.6. The minimum absolute atomic E-state index is 0.0696. The average Bonchev–Trinajstić information content (AvgIpc) is 3.09. The molecule has 4 N–H and O–H groups in total. The van der Waals surface area contributed by atoms with Gasteiger partial charge in [0.25, 0.3) is 23.6 Å². The van der Waals surface area contributed by atoms with Gasteiger partial charge in [-0.15, -0.1) is 0 Å². The lowest BCUT2D eigenvalue weighted by Gasteiger charge is -2.27. The molecule has 8 aromatic rings. The Balaban J connectivity index is 0.910. The van der Waals surface area contributed by atoms with E-state index in [0.29, 0.717) is 45.7 Å². The quantitative estimate of drug-likeness (QED) is 0.0720. The van der Waals surface area contributed by atoms with E-state index in [1.807, 2.05) is 60.7 Å². The maximum absolute atomic E-state index is 14.9. The lowest BCUT2D eigenvalue weighted by molar-refractivity contribution is -0.128. The van der Waals surface area contributed by atoms with Gasteiger partial charge in [0.1, 0.15) is 35.1 Å². The summed E-state index contributed by atoms with van der Waals surface area (Å²) in [4.78, 5) is 92.8. The monoisotopic (exact) mass is 1240 g/mol. The molecule has 0 spiro atoms. The van der Waals surface area contributed by atoms with Crippen molar-refractivity contribution in [3.8, 4) is 23.0 Å². The first-order valence-electron chi connectivity index (χ1n) is 26.9. The Morgan fingerprint density at radius 1 is 0.518 bits per heavy atom. The van der Waals surface area contributed by atoms with Crippen molar-refractivity contribution in [3.63, 3.8) is 0 Å². The van der Waals surface area contributed by atoms with Gasteiger partial charge >= 0.3 is 0 Å². The first-order valence-corrected chi connectivity index (χ1v) is 28.5. The summed E-state index contributed by atoms with van der Waals surface area (Å²) in [6.45, 7) is 3.18. The van der Waals surface area contributed by atoms with Crippen LogP contribution in [0.1, 0.15) is 45.7 Å². The van der Waals surface area contributed by atoms with Crippen LogP contribution >= 0.6 is 31.9 Å². The molecule has 2 heterocycles. The molecule has 0 bridgehead atoms. The van der Waals surface area contributed by atoms with Crippen molar-refractivity contribution in [3.05, 3.63) is 189 Å². The number of nitrogens with one attached hydrogen (secondary N) is 4. The molecule has 6 amide bonds. The Bertz CT molecular complexity index is 3580. The zero-order chi connectivity index (χ0) is 58.6. The second-order valence-corrected chi connectivity index (χ2v) is 22.0. The summed E-state index contributed by atoms with van der Waals surface area (Å²) in [6, 6.07) is 43.3. The topological polar surface area (TPSA) is 191 Å². The molecule has 17 nitrogen and oxygen atoms in total. The van der Waals surface area contributed by atoms with E-state index in [0.717, 1.165) is 41.6 Å². The van der Waals surface area contributed by atoms with Crippen molar-refractivity contribution >= 4 is 112 Å². The average molecular weight is 1250 g/mol. The molecule has 8 aromatic carbocycles. The summed E-state index contributed by atoms with van der Waals surface area (Å²) < 4.78 is 19.8. The molecule has 10 rings (SSSR count). The number of benzene rings is 8. The zero-order valence-corrected chi connectivity index (χ0v) is 49.5. The molecular formula is C64H60Br2N8O9. The van der Waals surface area contributed by atoms with Crippen LogP contribution in [0.2, 0.25) is 0 Å². The molecule has 0 saturated carbocycles. The number of hydrogen-bond acceptors (Lipinski definition) is 11. The fourth-order valence-corrected chi connectivity index (χ4v) is 11.2. The number of amides is 6. The maximum Gasteiger partial charge on any atom is 0.258 e. The van der Waals surface area contributed by atoms with E-state index in [-0.39, 0.29) is 37.3 Å². The highest BCUT2D eigenvalue weighted by Gasteiger charge is 2.40. The van der Waals surface area contributed by atoms with Crippen LogP contribution in [0.3, 0.4) is 0 Å². The van der Waals surface area contributed by atoms with Crippen molar-refractivity contribution < 1.29 is 43.0 Å². The Kier molecular flexibility index (Phi) is 17.2. The predicted octanol–water partition coefficient (Wildman–Crippen LogP) is 9.90. The van der Waals surface area contributed by atoms with Gasteiger partial charge < -0.3 is 55.1 Å². The van der Waals surface area contributed by atoms with E-state index in [4.69, 9.17) is 14.2 Å². The first-order chi connectivity index (χ1) is 40.1. The molecule has 83 heavy (non-hydrogen) atoms. The number of para-hydroxylation sites is 4. The number of ether oxygens (including phenoxy) is 3. The van der Waals surface area contributed by atoms with E-state index in [1.54, 1.807) is 149 Å². The van der Waals surface area contributed by atoms with Gasteiger partial charge in [-0.25, -0.2) is 0 Å². The summed E-state index contributed by atoms with van der Waals surface area (Å²) >= 11 is 7.14. The molecule has 0 aromatic heterocycles. The van der Waals surface area contributed by atoms with Crippen LogP contribution in [-0.2, 0) is 32.3 Å². The second kappa shape index (κ2) is 24.8. The maximum atomic E-state index is 14.9. The number of carbonyl (C=O) groups is 6. The van der Waals surface area contributed by atoms with Crippen LogP contribution in [0.15, 0.2) is 167 Å². The fourth-order valence-electron chi connectivity index (χ4n) is 10.4. The third-order valence-electron chi connectivity index (χ3n) is 15.2. The van der Waals surface area contributed by atoms with Crippen LogP contribution in [0.25, 0.3) is 21.5 Å². The molecule has 0 saturated heterocycles. The standard InChI is InChI=1S/C64H60Br2N8O9/c1-37(67-3)59(75)69-51-35-73(55-13-9-7-11-53(55)71(63(51)79)33-49-47-27-21-43(65)31-41(47)19-29-57(49)81-5)61(77)39-15-23-45(24-16-39)83-46-25-17-40(18-26-46)62(78)74-36-52(70-60(76)38(2)68-4)64(80)72(54-12-8-10-14-56(54)74)34-50-48-28-22-44(66)32-42(48)20-30-58(50)82-6/h7-32,37-38,51-52,67-68H,33-36H2,1-6H3,(H,69,75)(H,70,76)/t37-,38+,51-,52-/m0/s1. The summed E-state index contributed by atoms with van der Waals surface area (Å²) in [7, 11) is 6.46. The van der Waals surface area contributed by atoms with Crippen LogP contribution < -0.4 is 55.1 Å². The summed E-state index contributed by atoms with van der Waals surface area (Å²) in [5.74, 6) is -0.557. The van der Waals surface area contributed by atoms with Gasteiger partial charge in [0.2, 0.25) is 11.8 Å². The Labute approximate surface area is 497 Å². The van der Waals surface area contributed by atoms with Gasteiger partial charge in [0.15, 0.2) is 0 Å². The highest BCUT2D eigenvalue weighted by atomic mass is 79.9. The van der Waals surface area contributed by atoms with Crippen molar-refractivity contribution in [1.82, 2.24) is 21.3 Å². The van der Waals surface area contributed by atoms with E-state index in [1.165, 1.54) is 9.80 Å². The minimum Gasteiger partial charge on any atom is -0.496 e. The van der Waals surface area contributed by atoms with Gasteiger partial charge in [-0.1, -0.05) is 80.4 Å². The molecular weight excluding hydrogens is 1180 g/mol. The molecule has 2 aliphatic rings. The van der Waals surface area contributed by atoms with Crippen LogP contribution in [-0.4, -0.2) is 101 Å². The molecule has 4 atom stereocenters. The van der Waals surface area contributed by atoms with Crippen molar-refractivity contribution in [2.45, 2.75) is 51.1 Å². The Hall–Kier alpha value is -8.62. The summed E-state index contributed by atoms with van der Waals surface area (Å²) in [5, 5.41) is 15.3. The number of hydrogen-bond donors (Lipinski definition) is 4. The SMILES string of the molecule is CN[C@@H](C)C(=O)N[C@H]1CN(C(=O)c2ccc(Oc3ccc(C(=O)N4C[C@H](NC(=O)[C@@H](C)NC)C(=O)N(Cc5c(OC)ccc6cc(Br)ccc56)c5ccccc54)cc3)cc2)c2ccccc2N(Cc2c(OC)ccc3cc(Br)ccc23)C1=O. The number of methoxy groups -OCH3 is 2. The summed E-state index contributed by atoms with van der Waals surface area (Å²) in [5.41, 5.74) is 3.94. The molecule has 0 unspecified atom stereocenters. The van der Waals surface area contributed by atoms with Gasteiger partial charge in [-0.3, -0.25) is 28.8 Å². The van der Waals surface area contributed by atoms with Crippen LogP contribution in [0.4, 0.5) is 22.7 Å². The molecule has 19 heteroatoms. The van der Waals surface area contributed by atoms with Gasteiger partial charge in [0.05, 0.1) is 75.2 Å². The lowest BCUT2D eigenvalue weighted by Crippen LogP contribution is -2.55. The number of fused-ring (bicyclic) bond motifs is 4. The number of halogens is 2.